The number of carbonyl (C=O) groups is 2. The molecule has 2 heterocycles. The van der Waals surface area contributed by atoms with E-state index in [0.29, 0.717) is 0 Å². The third-order valence-electron chi connectivity index (χ3n) is 3.91. The standard InChI is InChI=1S/C16H18N2O3S/c1-9(2)12-8-14(19)17(3)16-18(12)11-5-4-10(7-15(20)21)6-13(11)22-16/h4-6,8-9,16H,7H2,1-3H3,(H,20,21). The Balaban J connectivity index is 2.03. The number of allylic oxidation sites excluding steroid dienone is 1. The summed E-state index contributed by atoms with van der Waals surface area (Å²) in [5.74, 6) is -0.586. The summed E-state index contributed by atoms with van der Waals surface area (Å²) >= 11 is 1.59. The van der Waals surface area contributed by atoms with Crippen molar-refractivity contribution in [1.29, 1.82) is 0 Å². The highest BCUT2D eigenvalue weighted by Gasteiger charge is 2.40. The van der Waals surface area contributed by atoms with Crippen molar-refractivity contribution in [3.05, 3.63) is 35.5 Å². The molecule has 3 rings (SSSR count). The topological polar surface area (TPSA) is 60.9 Å². The molecule has 1 aromatic rings. The van der Waals surface area contributed by atoms with Gasteiger partial charge < -0.3 is 14.9 Å². The molecule has 1 N–H and O–H groups in total. The molecule has 0 spiro atoms. The Kier molecular flexibility index (Phi) is 3.64. The van der Waals surface area contributed by atoms with Gasteiger partial charge in [0.05, 0.1) is 12.1 Å². The largest absolute Gasteiger partial charge is 0.481 e. The first-order valence-corrected chi connectivity index (χ1v) is 8.05. The molecule has 0 fully saturated rings. The second-order valence-corrected chi connectivity index (χ2v) is 6.96. The lowest BCUT2D eigenvalue weighted by Crippen LogP contribution is -2.49. The fraction of sp³-hybridized carbons (Fsp3) is 0.375. The van der Waals surface area contributed by atoms with Crippen molar-refractivity contribution in [1.82, 2.24) is 4.90 Å². The van der Waals surface area contributed by atoms with Crippen LogP contribution in [-0.4, -0.2) is 34.4 Å². The molecular weight excluding hydrogens is 300 g/mol. The van der Waals surface area contributed by atoms with Crippen LogP contribution in [0.5, 0.6) is 0 Å². The van der Waals surface area contributed by atoms with E-state index in [9.17, 15) is 9.59 Å². The van der Waals surface area contributed by atoms with Gasteiger partial charge in [-0.1, -0.05) is 31.7 Å². The highest BCUT2D eigenvalue weighted by Crippen LogP contribution is 2.49. The molecule has 2 aliphatic rings. The third-order valence-corrected chi connectivity index (χ3v) is 5.23. The third kappa shape index (κ3) is 2.37. The first-order chi connectivity index (χ1) is 10.4. The zero-order valence-corrected chi connectivity index (χ0v) is 13.6. The molecule has 1 atom stereocenters. The Morgan fingerprint density at radius 2 is 2.14 bits per heavy atom. The molecule has 1 aromatic carbocycles. The van der Waals surface area contributed by atoms with Crippen LogP contribution >= 0.6 is 11.8 Å². The quantitative estimate of drug-likeness (QED) is 0.928. The number of hydrogen-bond donors (Lipinski definition) is 1. The summed E-state index contributed by atoms with van der Waals surface area (Å²) in [4.78, 5) is 27.9. The number of fused-ring (bicyclic) bond motifs is 3. The Bertz CT molecular complexity index is 684. The van der Waals surface area contributed by atoms with Gasteiger partial charge in [0, 0.05) is 23.7 Å². The second kappa shape index (κ2) is 5.35. The van der Waals surface area contributed by atoms with E-state index in [0.717, 1.165) is 21.8 Å². The predicted octanol–water partition coefficient (Wildman–Crippen LogP) is 2.52. The molecule has 0 saturated carbocycles. The maximum atomic E-state index is 12.1. The molecule has 0 radical (unpaired) electrons. The van der Waals surface area contributed by atoms with E-state index in [1.807, 2.05) is 18.2 Å². The number of carboxylic acids is 1. The van der Waals surface area contributed by atoms with Crippen molar-refractivity contribution >= 4 is 29.3 Å². The summed E-state index contributed by atoms with van der Waals surface area (Å²) in [6.07, 6.45) is 1.71. The number of likely N-dealkylation sites (N-methyl/N-ethyl adjacent to an activating group) is 1. The Labute approximate surface area is 133 Å². The fourth-order valence-electron chi connectivity index (χ4n) is 2.79. The molecule has 5 nitrogen and oxygen atoms in total. The smallest absolute Gasteiger partial charge is 0.307 e. The Morgan fingerprint density at radius 3 is 2.77 bits per heavy atom. The van der Waals surface area contributed by atoms with Gasteiger partial charge in [0.15, 0.2) is 5.50 Å². The van der Waals surface area contributed by atoms with Gasteiger partial charge in [0.25, 0.3) is 0 Å². The predicted molar refractivity (Wildman–Crippen MR) is 85.6 cm³/mol. The molecule has 1 amide bonds. The van der Waals surface area contributed by atoms with Crippen LogP contribution in [0.4, 0.5) is 5.69 Å². The average molecular weight is 318 g/mol. The molecule has 116 valence electrons. The van der Waals surface area contributed by atoms with Gasteiger partial charge in [0.2, 0.25) is 5.91 Å². The minimum absolute atomic E-state index is 0.0102. The van der Waals surface area contributed by atoms with Crippen molar-refractivity contribution in [3.63, 3.8) is 0 Å². The maximum absolute atomic E-state index is 12.1. The van der Waals surface area contributed by atoms with Gasteiger partial charge in [-0.2, -0.15) is 0 Å². The average Bonchev–Trinajstić information content (AvgIpc) is 2.80. The first-order valence-electron chi connectivity index (χ1n) is 7.17. The van der Waals surface area contributed by atoms with Crippen LogP contribution in [-0.2, 0) is 16.0 Å². The summed E-state index contributed by atoms with van der Waals surface area (Å²) in [7, 11) is 1.80. The molecular formula is C16H18N2O3S. The fourth-order valence-corrected chi connectivity index (χ4v) is 4.13. The highest BCUT2D eigenvalue weighted by atomic mass is 32.2. The summed E-state index contributed by atoms with van der Waals surface area (Å²) in [6.45, 7) is 4.14. The maximum Gasteiger partial charge on any atom is 0.307 e. The van der Waals surface area contributed by atoms with Gasteiger partial charge in [-0.05, 0) is 23.6 Å². The van der Waals surface area contributed by atoms with Crippen LogP contribution in [0.2, 0.25) is 0 Å². The monoisotopic (exact) mass is 318 g/mol. The van der Waals surface area contributed by atoms with Crippen molar-refractivity contribution in [2.75, 3.05) is 11.9 Å². The minimum Gasteiger partial charge on any atom is -0.481 e. The van der Waals surface area contributed by atoms with E-state index in [1.165, 1.54) is 0 Å². The molecule has 1 unspecified atom stereocenters. The molecule has 22 heavy (non-hydrogen) atoms. The normalized spacial score (nSPS) is 20.1. The van der Waals surface area contributed by atoms with Gasteiger partial charge in [-0.3, -0.25) is 9.59 Å². The number of amides is 1. The number of carboxylic acid groups (broad SMARTS) is 1. The van der Waals surface area contributed by atoms with Gasteiger partial charge in [0.1, 0.15) is 0 Å². The number of hydrogen-bond acceptors (Lipinski definition) is 4. The van der Waals surface area contributed by atoms with E-state index in [4.69, 9.17) is 5.11 Å². The molecule has 0 bridgehead atoms. The Morgan fingerprint density at radius 1 is 1.41 bits per heavy atom. The SMILES string of the molecule is CC(C)C1=CC(=O)N(C)C2Sc3cc(CC(=O)O)ccc3N12. The van der Waals surface area contributed by atoms with Crippen LogP contribution in [0, 0.1) is 5.92 Å². The number of benzene rings is 1. The van der Waals surface area contributed by atoms with E-state index in [-0.39, 0.29) is 23.7 Å². The van der Waals surface area contributed by atoms with E-state index in [2.05, 4.69) is 18.7 Å². The van der Waals surface area contributed by atoms with Crippen LogP contribution in [0.15, 0.2) is 34.9 Å². The molecule has 0 saturated heterocycles. The summed E-state index contributed by atoms with van der Waals surface area (Å²) in [5.41, 5.74) is 2.74. The molecule has 0 aliphatic carbocycles. The number of thioether (sulfide) groups is 1. The number of carbonyl (C=O) groups excluding carboxylic acids is 1. The first kappa shape index (κ1) is 15.0. The van der Waals surface area contributed by atoms with Crippen molar-refractivity contribution in [2.24, 2.45) is 5.92 Å². The number of aliphatic carboxylic acids is 1. The van der Waals surface area contributed by atoms with Crippen LogP contribution in [0.25, 0.3) is 0 Å². The second-order valence-electron chi connectivity index (χ2n) is 5.86. The lowest BCUT2D eigenvalue weighted by atomic mass is 10.1. The summed E-state index contributed by atoms with van der Waals surface area (Å²) < 4.78 is 0. The van der Waals surface area contributed by atoms with Gasteiger partial charge in [-0.25, -0.2) is 0 Å². The van der Waals surface area contributed by atoms with E-state index >= 15 is 0 Å². The van der Waals surface area contributed by atoms with Gasteiger partial charge >= 0.3 is 5.97 Å². The van der Waals surface area contributed by atoms with Crippen molar-refractivity contribution in [2.45, 2.75) is 30.7 Å². The highest BCUT2D eigenvalue weighted by molar-refractivity contribution is 8.00. The lowest BCUT2D eigenvalue weighted by Gasteiger charge is -2.39. The van der Waals surface area contributed by atoms with Crippen LogP contribution in [0.3, 0.4) is 0 Å². The van der Waals surface area contributed by atoms with E-state index < -0.39 is 5.97 Å². The zero-order chi connectivity index (χ0) is 16.0. The number of anilines is 1. The zero-order valence-electron chi connectivity index (χ0n) is 12.7. The van der Waals surface area contributed by atoms with Crippen molar-refractivity contribution < 1.29 is 14.7 Å². The van der Waals surface area contributed by atoms with Gasteiger partial charge in [-0.15, -0.1) is 0 Å². The lowest BCUT2D eigenvalue weighted by molar-refractivity contribution is -0.136. The minimum atomic E-state index is -0.837. The van der Waals surface area contributed by atoms with Crippen LogP contribution in [0.1, 0.15) is 19.4 Å². The van der Waals surface area contributed by atoms with E-state index in [1.54, 1.807) is 29.8 Å². The molecule has 2 aliphatic heterocycles. The number of nitrogens with zero attached hydrogens (tertiary/aromatic N) is 2. The summed E-state index contributed by atoms with van der Waals surface area (Å²) in [5, 5.41) is 8.93. The van der Waals surface area contributed by atoms with Crippen LogP contribution < -0.4 is 4.90 Å². The Hall–Kier alpha value is -1.95. The summed E-state index contributed by atoms with van der Waals surface area (Å²) in [6, 6.07) is 5.73. The number of rotatable bonds is 3. The molecule has 0 aromatic heterocycles. The van der Waals surface area contributed by atoms with Crippen molar-refractivity contribution in [3.8, 4) is 0 Å². The molecule has 6 heteroatoms.